The Labute approximate surface area is 66.8 Å². The second-order valence-electron chi connectivity index (χ2n) is 2.62. The minimum Gasteiger partial charge on any atom is -0.396 e. The third kappa shape index (κ3) is 2.35. The number of aliphatic imine (C=N–C) groups is 1. The van der Waals surface area contributed by atoms with Gasteiger partial charge in [0.05, 0.1) is 6.04 Å². The summed E-state index contributed by atoms with van der Waals surface area (Å²) in [4.78, 5) is 4.34. The second kappa shape index (κ2) is 4.13. The van der Waals surface area contributed by atoms with Crippen LogP contribution in [0, 0.1) is 0 Å². The molecule has 1 aliphatic heterocycles. The van der Waals surface area contributed by atoms with Crippen LogP contribution in [0.4, 0.5) is 0 Å². The van der Waals surface area contributed by atoms with E-state index in [9.17, 15) is 0 Å². The zero-order valence-electron chi connectivity index (χ0n) is 6.58. The first-order valence-electron chi connectivity index (χ1n) is 3.89. The molecule has 0 spiro atoms. The maximum absolute atomic E-state index is 8.63. The first-order chi connectivity index (χ1) is 5.36. The molecule has 0 saturated carbocycles. The summed E-state index contributed by atoms with van der Waals surface area (Å²) in [5.41, 5.74) is 0. The number of nitrogens with one attached hydrogen (secondary N) is 1. The maximum Gasteiger partial charge on any atom is 0.101 e. The number of rotatable bonds is 4. The Balaban J connectivity index is 2.34. The third-order valence-corrected chi connectivity index (χ3v) is 1.68. The summed E-state index contributed by atoms with van der Waals surface area (Å²) in [6.07, 6.45) is 3.39. The second-order valence-corrected chi connectivity index (χ2v) is 2.62. The summed E-state index contributed by atoms with van der Waals surface area (Å²) in [7, 11) is 0. The normalized spacial score (nSPS) is 22.6. The number of amidine groups is 1. The summed E-state index contributed by atoms with van der Waals surface area (Å²) < 4.78 is 0. The molecule has 0 bridgehead atoms. The van der Waals surface area contributed by atoms with E-state index >= 15 is 0 Å². The lowest BCUT2D eigenvalue weighted by Gasteiger charge is -1.99. The lowest BCUT2D eigenvalue weighted by Crippen LogP contribution is -2.20. The molecule has 0 radical (unpaired) electrons. The molecule has 62 valence electrons. The van der Waals surface area contributed by atoms with E-state index in [1.54, 1.807) is 0 Å². The fourth-order valence-electron chi connectivity index (χ4n) is 1.12. The highest BCUT2D eigenvalue weighted by molar-refractivity contribution is 5.85. The highest BCUT2D eigenvalue weighted by Gasteiger charge is 2.14. The van der Waals surface area contributed by atoms with Crippen molar-refractivity contribution in [3.05, 3.63) is 12.7 Å². The van der Waals surface area contributed by atoms with E-state index in [1.165, 1.54) is 0 Å². The minimum absolute atomic E-state index is 0.219. The quantitative estimate of drug-likeness (QED) is 0.573. The third-order valence-electron chi connectivity index (χ3n) is 1.68. The van der Waals surface area contributed by atoms with Crippen LogP contribution in [-0.4, -0.2) is 30.1 Å². The Morgan fingerprint density at radius 3 is 3.27 bits per heavy atom. The van der Waals surface area contributed by atoms with Crippen molar-refractivity contribution in [2.75, 3.05) is 13.2 Å². The summed E-state index contributed by atoms with van der Waals surface area (Å²) in [5.74, 6) is 0.999. The van der Waals surface area contributed by atoms with E-state index in [0.717, 1.165) is 25.2 Å². The summed E-state index contributed by atoms with van der Waals surface area (Å²) in [5, 5.41) is 11.8. The van der Waals surface area contributed by atoms with Gasteiger partial charge in [0.25, 0.3) is 0 Å². The summed E-state index contributed by atoms with van der Waals surface area (Å²) in [6, 6.07) is 0.273. The summed E-state index contributed by atoms with van der Waals surface area (Å²) >= 11 is 0. The molecule has 1 rings (SSSR count). The van der Waals surface area contributed by atoms with Crippen LogP contribution in [0.2, 0.25) is 0 Å². The average Bonchev–Trinajstić information content (AvgIpc) is 2.38. The van der Waals surface area contributed by atoms with E-state index in [-0.39, 0.29) is 12.6 Å². The maximum atomic E-state index is 8.63. The minimum atomic E-state index is 0.219. The standard InChI is InChI=1S/C8H14N2O/c1-2-3-8-9-6-7(10-8)4-5-11/h2,7,11H,1,3-6H2,(H,9,10). The van der Waals surface area contributed by atoms with Crippen LogP contribution in [0.1, 0.15) is 12.8 Å². The lowest BCUT2D eigenvalue weighted by molar-refractivity contribution is 0.278. The number of aliphatic hydroxyl groups is 1. The van der Waals surface area contributed by atoms with E-state index in [1.807, 2.05) is 6.08 Å². The van der Waals surface area contributed by atoms with Gasteiger partial charge in [0.1, 0.15) is 5.84 Å². The van der Waals surface area contributed by atoms with Gasteiger partial charge < -0.3 is 10.4 Å². The van der Waals surface area contributed by atoms with E-state index in [2.05, 4.69) is 16.9 Å². The average molecular weight is 154 g/mol. The van der Waals surface area contributed by atoms with Crippen LogP contribution >= 0.6 is 0 Å². The van der Waals surface area contributed by atoms with Crippen molar-refractivity contribution in [1.29, 1.82) is 0 Å². The molecule has 0 aromatic heterocycles. The van der Waals surface area contributed by atoms with Crippen LogP contribution in [0.25, 0.3) is 0 Å². The largest absolute Gasteiger partial charge is 0.396 e. The predicted molar refractivity (Wildman–Crippen MR) is 45.7 cm³/mol. The highest BCUT2D eigenvalue weighted by Crippen LogP contribution is 2.04. The zero-order valence-corrected chi connectivity index (χ0v) is 6.58. The molecule has 0 saturated heterocycles. The van der Waals surface area contributed by atoms with Gasteiger partial charge in [-0.05, 0) is 6.42 Å². The first kappa shape index (κ1) is 8.27. The van der Waals surface area contributed by atoms with Crippen molar-refractivity contribution in [2.24, 2.45) is 4.99 Å². The van der Waals surface area contributed by atoms with Crippen LogP contribution < -0.4 is 5.32 Å². The van der Waals surface area contributed by atoms with Crippen molar-refractivity contribution >= 4 is 5.84 Å². The number of hydrogen-bond acceptors (Lipinski definition) is 3. The number of nitrogens with zero attached hydrogens (tertiary/aromatic N) is 1. The Hall–Kier alpha value is -0.830. The van der Waals surface area contributed by atoms with Crippen LogP contribution in [0.5, 0.6) is 0 Å². The molecule has 0 aliphatic carbocycles. The molecule has 1 heterocycles. The van der Waals surface area contributed by atoms with Gasteiger partial charge in [0.15, 0.2) is 0 Å². The van der Waals surface area contributed by atoms with Crippen LogP contribution in [0.15, 0.2) is 17.6 Å². The molecular formula is C8H14N2O. The SMILES string of the molecule is C=CCC1=NC(CCO)CN1. The number of hydrogen-bond donors (Lipinski definition) is 2. The molecular weight excluding hydrogens is 140 g/mol. The molecule has 0 amide bonds. The molecule has 1 atom stereocenters. The van der Waals surface area contributed by atoms with Gasteiger partial charge in [-0.3, -0.25) is 4.99 Å². The monoisotopic (exact) mass is 154 g/mol. The van der Waals surface area contributed by atoms with Gasteiger partial charge in [-0.2, -0.15) is 0 Å². The zero-order chi connectivity index (χ0) is 8.10. The smallest absolute Gasteiger partial charge is 0.101 e. The molecule has 3 heteroatoms. The van der Waals surface area contributed by atoms with Crippen molar-refractivity contribution in [3.63, 3.8) is 0 Å². The van der Waals surface area contributed by atoms with Crippen molar-refractivity contribution in [3.8, 4) is 0 Å². The Morgan fingerprint density at radius 1 is 1.82 bits per heavy atom. The first-order valence-corrected chi connectivity index (χ1v) is 3.89. The molecule has 1 unspecified atom stereocenters. The predicted octanol–water partition coefficient (Wildman–Crippen LogP) is 0.315. The Kier molecular flexibility index (Phi) is 3.11. The van der Waals surface area contributed by atoms with Gasteiger partial charge >= 0.3 is 0 Å². The molecule has 11 heavy (non-hydrogen) atoms. The molecule has 0 aromatic rings. The van der Waals surface area contributed by atoms with Crippen molar-refractivity contribution in [2.45, 2.75) is 18.9 Å². The molecule has 3 nitrogen and oxygen atoms in total. The van der Waals surface area contributed by atoms with E-state index in [4.69, 9.17) is 5.11 Å². The molecule has 1 aliphatic rings. The highest BCUT2D eigenvalue weighted by atomic mass is 16.3. The van der Waals surface area contributed by atoms with Gasteiger partial charge in [-0.25, -0.2) is 0 Å². The van der Waals surface area contributed by atoms with Gasteiger partial charge in [-0.15, -0.1) is 6.58 Å². The Bertz CT molecular complexity index is 165. The lowest BCUT2D eigenvalue weighted by atomic mass is 10.2. The van der Waals surface area contributed by atoms with Crippen LogP contribution in [0.3, 0.4) is 0 Å². The fraction of sp³-hybridized carbons (Fsp3) is 0.625. The summed E-state index contributed by atoms with van der Waals surface area (Å²) in [6.45, 7) is 4.71. The number of aliphatic hydroxyl groups excluding tert-OH is 1. The molecule has 0 aromatic carbocycles. The Morgan fingerprint density at radius 2 is 2.64 bits per heavy atom. The van der Waals surface area contributed by atoms with E-state index < -0.39 is 0 Å². The van der Waals surface area contributed by atoms with Crippen molar-refractivity contribution in [1.82, 2.24) is 5.32 Å². The fourth-order valence-corrected chi connectivity index (χ4v) is 1.12. The van der Waals surface area contributed by atoms with Gasteiger partial charge in [0, 0.05) is 19.6 Å². The topological polar surface area (TPSA) is 44.6 Å². The van der Waals surface area contributed by atoms with Gasteiger partial charge in [0.2, 0.25) is 0 Å². The van der Waals surface area contributed by atoms with Crippen molar-refractivity contribution < 1.29 is 5.11 Å². The van der Waals surface area contributed by atoms with Crippen LogP contribution in [-0.2, 0) is 0 Å². The van der Waals surface area contributed by atoms with Gasteiger partial charge in [-0.1, -0.05) is 6.08 Å². The molecule has 0 fully saturated rings. The molecule has 2 N–H and O–H groups in total. The van der Waals surface area contributed by atoms with E-state index in [0.29, 0.717) is 0 Å².